The van der Waals surface area contributed by atoms with E-state index in [0.717, 1.165) is 10.6 Å². The van der Waals surface area contributed by atoms with Crippen molar-refractivity contribution in [2.24, 2.45) is 5.73 Å². The van der Waals surface area contributed by atoms with E-state index in [0.29, 0.717) is 12.2 Å². The minimum Gasteiger partial charge on any atom is -0.331 e. The van der Waals surface area contributed by atoms with Crippen molar-refractivity contribution in [3.63, 3.8) is 0 Å². The van der Waals surface area contributed by atoms with E-state index in [1.807, 2.05) is 56.0 Å². The van der Waals surface area contributed by atoms with Crippen LogP contribution in [0.3, 0.4) is 0 Å². The molecule has 0 aliphatic heterocycles. The van der Waals surface area contributed by atoms with Crippen LogP contribution in [-0.2, 0) is 6.54 Å². The lowest BCUT2D eigenvalue weighted by molar-refractivity contribution is 0.0685. The van der Waals surface area contributed by atoms with Crippen LogP contribution in [0.25, 0.3) is 0 Å². The monoisotopic (exact) mass is 303 g/mol. The minimum atomic E-state index is -0.141. The first kappa shape index (κ1) is 15.7. The zero-order chi connectivity index (χ0) is 15.4. The van der Waals surface area contributed by atoms with Crippen LogP contribution in [0, 0.1) is 0 Å². The standard InChI is InChI=1S/C16H21N3OS/c1-11(2)19(9-13-7-5-4-6-8-13)16(20)14-10-21-15(18-14)12(3)17/h4-8,10-12H,9,17H2,1-3H3. The quantitative estimate of drug-likeness (QED) is 0.922. The second-order valence-corrected chi connectivity index (χ2v) is 6.26. The highest BCUT2D eigenvalue weighted by Crippen LogP contribution is 2.19. The van der Waals surface area contributed by atoms with Gasteiger partial charge in [0.1, 0.15) is 10.7 Å². The topological polar surface area (TPSA) is 59.2 Å². The van der Waals surface area contributed by atoms with E-state index in [2.05, 4.69) is 4.98 Å². The van der Waals surface area contributed by atoms with Crippen LogP contribution >= 0.6 is 11.3 Å². The van der Waals surface area contributed by atoms with Crippen molar-refractivity contribution in [2.75, 3.05) is 0 Å². The van der Waals surface area contributed by atoms with E-state index < -0.39 is 0 Å². The fraction of sp³-hybridized carbons (Fsp3) is 0.375. The maximum absolute atomic E-state index is 12.7. The van der Waals surface area contributed by atoms with Crippen molar-refractivity contribution in [3.05, 3.63) is 52.0 Å². The number of hydrogen-bond acceptors (Lipinski definition) is 4. The molecule has 2 N–H and O–H groups in total. The molecule has 0 saturated carbocycles. The van der Waals surface area contributed by atoms with Gasteiger partial charge >= 0.3 is 0 Å². The van der Waals surface area contributed by atoms with Gasteiger partial charge in [0.25, 0.3) is 5.91 Å². The number of thiazole rings is 1. The second-order valence-electron chi connectivity index (χ2n) is 5.37. The van der Waals surface area contributed by atoms with E-state index in [1.54, 1.807) is 5.38 Å². The molecule has 4 nitrogen and oxygen atoms in total. The van der Waals surface area contributed by atoms with Crippen molar-refractivity contribution in [2.45, 2.75) is 39.4 Å². The molecule has 0 spiro atoms. The lowest BCUT2D eigenvalue weighted by atomic mass is 10.2. The molecule has 0 fully saturated rings. The number of carbonyl (C=O) groups is 1. The molecule has 5 heteroatoms. The lowest BCUT2D eigenvalue weighted by Crippen LogP contribution is -2.36. The van der Waals surface area contributed by atoms with Crippen molar-refractivity contribution < 1.29 is 4.79 Å². The SMILES string of the molecule is CC(N)c1nc(C(=O)N(Cc2ccccc2)C(C)C)cs1. The molecule has 1 amide bonds. The van der Waals surface area contributed by atoms with Crippen LogP contribution in [0.5, 0.6) is 0 Å². The summed E-state index contributed by atoms with van der Waals surface area (Å²) in [5.41, 5.74) is 7.41. The molecule has 1 aromatic heterocycles. The Balaban J connectivity index is 2.19. The van der Waals surface area contributed by atoms with Crippen molar-refractivity contribution in [1.29, 1.82) is 0 Å². The van der Waals surface area contributed by atoms with Crippen LogP contribution in [0.15, 0.2) is 35.7 Å². The Morgan fingerprint density at radius 1 is 1.29 bits per heavy atom. The molecule has 1 heterocycles. The van der Waals surface area contributed by atoms with E-state index in [-0.39, 0.29) is 18.0 Å². The summed E-state index contributed by atoms with van der Waals surface area (Å²) in [7, 11) is 0. The Labute approximate surface area is 129 Å². The number of hydrogen-bond donors (Lipinski definition) is 1. The first-order chi connectivity index (χ1) is 9.99. The summed E-state index contributed by atoms with van der Waals surface area (Å²) in [5, 5.41) is 2.59. The molecular weight excluding hydrogens is 282 g/mol. The molecule has 112 valence electrons. The molecular formula is C16H21N3OS. The van der Waals surface area contributed by atoms with E-state index in [9.17, 15) is 4.79 Å². The Kier molecular flexibility index (Phi) is 5.09. The van der Waals surface area contributed by atoms with E-state index in [4.69, 9.17) is 5.73 Å². The number of amides is 1. The Morgan fingerprint density at radius 3 is 2.48 bits per heavy atom. The maximum atomic E-state index is 12.7. The molecule has 1 unspecified atom stereocenters. The van der Waals surface area contributed by atoms with Crippen LogP contribution < -0.4 is 5.73 Å². The third-order valence-electron chi connectivity index (χ3n) is 3.21. The average Bonchev–Trinajstić information content (AvgIpc) is 2.95. The Morgan fingerprint density at radius 2 is 1.95 bits per heavy atom. The summed E-state index contributed by atoms with van der Waals surface area (Å²) in [6.45, 7) is 6.49. The van der Waals surface area contributed by atoms with Crippen LogP contribution in [0.1, 0.15) is 47.9 Å². The van der Waals surface area contributed by atoms with Crippen LogP contribution in [0.2, 0.25) is 0 Å². The number of rotatable bonds is 5. The molecule has 1 aromatic carbocycles. The summed E-state index contributed by atoms with van der Waals surface area (Å²) in [5.74, 6) is -0.0444. The van der Waals surface area contributed by atoms with Gasteiger partial charge in [0.05, 0.1) is 6.04 Å². The molecule has 0 aliphatic rings. The molecule has 21 heavy (non-hydrogen) atoms. The molecule has 2 aromatic rings. The predicted molar refractivity (Wildman–Crippen MR) is 86.2 cm³/mol. The number of benzene rings is 1. The third kappa shape index (κ3) is 3.89. The van der Waals surface area contributed by atoms with Gasteiger partial charge in [-0.25, -0.2) is 4.98 Å². The number of carbonyl (C=O) groups excluding carboxylic acids is 1. The molecule has 0 radical (unpaired) electrons. The minimum absolute atomic E-state index is 0.0444. The van der Waals surface area contributed by atoms with Gasteiger partial charge in [0.15, 0.2) is 0 Å². The van der Waals surface area contributed by atoms with Gasteiger partial charge in [-0.1, -0.05) is 30.3 Å². The summed E-state index contributed by atoms with van der Waals surface area (Å²) in [6.07, 6.45) is 0. The normalized spacial score (nSPS) is 12.4. The maximum Gasteiger partial charge on any atom is 0.273 e. The average molecular weight is 303 g/mol. The lowest BCUT2D eigenvalue weighted by Gasteiger charge is -2.26. The van der Waals surface area contributed by atoms with Gasteiger partial charge in [-0.05, 0) is 26.3 Å². The molecule has 0 aliphatic carbocycles. The van der Waals surface area contributed by atoms with Crippen molar-refractivity contribution in [3.8, 4) is 0 Å². The highest BCUT2D eigenvalue weighted by Gasteiger charge is 2.22. The van der Waals surface area contributed by atoms with Gasteiger partial charge < -0.3 is 10.6 Å². The fourth-order valence-electron chi connectivity index (χ4n) is 2.01. The molecule has 1 atom stereocenters. The summed E-state index contributed by atoms with van der Waals surface area (Å²) in [6, 6.07) is 9.95. The third-order valence-corrected chi connectivity index (χ3v) is 4.26. The summed E-state index contributed by atoms with van der Waals surface area (Å²) in [4.78, 5) is 18.8. The summed E-state index contributed by atoms with van der Waals surface area (Å²) < 4.78 is 0. The van der Waals surface area contributed by atoms with Crippen molar-refractivity contribution in [1.82, 2.24) is 9.88 Å². The number of nitrogens with zero attached hydrogens (tertiary/aromatic N) is 2. The molecule has 2 rings (SSSR count). The van der Waals surface area contributed by atoms with Crippen LogP contribution in [0.4, 0.5) is 0 Å². The molecule has 0 saturated heterocycles. The van der Waals surface area contributed by atoms with Gasteiger partial charge in [0.2, 0.25) is 0 Å². The van der Waals surface area contributed by atoms with Gasteiger partial charge in [-0.15, -0.1) is 11.3 Å². The van der Waals surface area contributed by atoms with E-state index >= 15 is 0 Å². The Bertz CT molecular complexity index is 593. The van der Waals surface area contributed by atoms with Gasteiger partial charge in [0, 0.05) is 18.0 Å². The van der Waals surface area contributed by atoms with Gasteiger partial charge in [-0.2, -0.15) is 0 Å². The fourth-order valence-corrected chi connectivity index (χ4v) is 2.76. The molecule has 0 bridgehead atoms. The van der Waals surface area contributed by atoms with E-state index in [1.165, 1.54) is 11.3 Å². The highest BCUT2D eigenvalue weighted by molar-refractivity contribution is 7.09. The van der Waals surface area contributed by atoms with Crippen molar-refractivity contribution >= 4 is 17.2 Å². The first-order valence-corrected chi connectivity index (χ1v) is 7.93. The first-order valence-electron chi connectivity index (χ1n) is 7.05. The summed E-state index contributed by atoms with van der Waals surface area (Å²) >= 11 is 1.44. The van der Waals surface area contributed by atoms with Gasteiger partial charge in [-0.3, -0.25) is 4.79 Å². The second kappa shape index (κ2) is 6.83. The number of nitrogens with two attached hydrogens (primary N) is 1. The Hall–Kier alpha value is -1.72. The smallest absolute Gasteiger partial charge is 0.273 e. The zero-order valence-electron chi connectivity index (χ0n) is 12.6. The highest BCUT2D eigenvalue weighted by atomic mass is 32.1. The predicted octanol–water partition coefficient (Wildman–Crippen LogP) is 3.21. The largest absolute Gasteiger partial charge is 0.331 e. The van der Waals surface area contributed by atoms with Crippen LogP contribution in [-0.4, -0.2) is 21.8 Å². The number of aromatic nitrogens is 1. The zero-order valence-corrected chi connectivity index (χ0v) is 13.4.